The van der Waals surface area contributed by atoms with Gasteiger partial charge in [0.1, 0.15) is 17.7 Å². The number of fused-ring (bicyclic) bond motifs is 1. The molecule has 156 valence electrons. The first kappa shape index (κ1) is 18.7. The number of ether oxygens (including phenoxy) is 1. The largest absolute Gasteiger partial charge is 0.370 e. The predicted molar refractivity (Wildman–Crippen MR) is 108 cm³/mol. The van der Waals surface area contributed by atoms with Gasteiger partial charge in [-0.2, -0.15) is 4.52 Å². The van der Waals surface area contributed by atoms with Crippen LogP contribution in [0.2, 0.25) is 0 Å². The highest BCUT2D eigenvalue weighted by atomic mass is 19.1. The predicted octanol–water partition coefficient (Wildman–Crippen LogP) is 2.52. The molecule has 1 aromatic carbocycles. The van der Waals surface area contributed by atoms with Crippen LogP contribution in [0.1, 0.15) is 31.2 Å². The van der Waals surface area contributed by atoms with Gasteiger partial charge in [0.25, 0.3) is 0 Å². The fourth-order valence-corrected chi connectivity index (χ4v) is 3.92. The third kappa shape index (κ3) is 3.78. The minimum Gasteiger partial charge on any atom is -0.370 e. The maximum atomic E-state index is 13.0. The first-order chi connectivity index (χ1) is 14.7. The molecule has 2 unspecified atom stereocenters. The molecule has 0 bridgehead atoms. The van der Waals surface area contributed by atoms with Gasteiger partial charge >= 0.3 is 6.03 Å². The van der Waals surface area contributed by atoms with Crippen molar-refractivity contribution in [1.29, 1.82) is 0 Å². The molecule has 10 heteroatoms. The van der Waals surface area contributed by atoms with Crippen LogP contribution < -0.4 is 15.5 Å². The van der Waals surface area contributed by atoms with Gasteiger partial charge in [-0.25, -0.2) is 9.18 Å². The van der Waals surface area contributed by atoms with Crippen molar-refractivity contribution in [3.05, 3.63) is 48.0 Å². The number of amides is 2. The molecule has 4 heterocycles. The Morgan fingerprint density at radius 1 is 1.13 bits per heavy atom. The first-order valence-electron chi connectivity index (χ1n) is 10.1. The van der Waals surface area contributed by atoms with E-state index in [1.54, 1.807) is 4.52 Å². The maximum absolute atomic E-state index is 13.0. The topological polar surface area (TPSA) is 96.7 Å². The molecular weight excluding hydrogens is 389 g/mol. The molecule has 2 aliphatic rings. The molecule has 30 heavy (non-hydrogen) atoms. The quantitative estimate of drug-likeness (QED) is 0.685. The number of urea groups is 1. The van der Waals surface area contributed by atoms with Crippen LogP contribution >= 0.6 is 0 Å². The number of carbonyl (C=O) groups is 1. The lowest BCUT2D eigenvalue weighted by molar-refractivity contribution is 0.103. The molecule has 2 aliphatic heterocycles. The van der Waals surface area contributed by atoms with Gasteiger partial charge in [0, 0.05) is 31.4 Å². The number of halogens is 1. The van der Waals surface area contributed by atoms with Crippen molar-refractivity contribution in [1.82, 2.24) is 25.1 Å². The van der Waals surface area contributed by atoms with Gasteiger partial charge in [-0.1, -0.05) is 0 Å². The van der Waals surface area contributed by atoms with Gasteiger partial charge in [-0.15, -0.1) is 15.3 Å². The molecular formula is C20H22FN7O2. The van der Waals surface area contributed by atoms with Crippen molar-refractivity contribution in [2.75, 3.05) is 29.9 Å². The molecule has 2 N–H and O–H groups in total. The summed E-state index contributed by atoms with van der Waals surface area (Å²) in [6, 6.07) is 9.17. The fraction of sp³-hybridized carbons (Fsp3) is 0.400. The van der Waals surface area contributed by atoms with E-state index >= 15 is 0 Å². The highest BCUT2D eigenvalue weighted by molar-refractivity contribution is 5.89. The van der Waals surface area contributed by atoms with Gasteiger partial charge in [0.05, 0.1) is 0 Å². The second-order valence-electron chi connectivity index (χ2n) is 7.56. The SMILES string of the molecule is O=C(Nc1ccc(F)cc1)NC1CCN(c2ccc3nnc(C4CCCO4)n3n2)C1. The summed E-state index contributed by atoms with van der Waals surface area (Å²) in [7, 11) is 0. The Morgan fingerprint density at radius 3 is 2.80 bits per heavy atom. The summed E-state index contributed by atoms with van der Waals surface area (Å²) in [5, 5.41) is 18.9. The zero-order valence-corrected chi connectivity index (χ0v) is 16.3. The van der Waals surface area contributed by atoms with Gasteiger partial charge < -0.3 is 20.3 Å². The average molecular weight is 411 g/mol. The van der Waals surface area contributed by atoms with Gasteiger partial charge in [-0.05, 0) is 55.7 Å². The molecule has 0 spiro atoms. The lowest BCUT2D eigenvalue weighted by atomic mass is 10.2. The van der Waals surface area contributed by atoms with E-state index in [0.29, 0.717) is 17.9 Å². The summed E-state index contributed by atoms with van der Waals surface area (Å²) >= 11 is 0. The molecule has 2 aromatic heterocycles. The summed E-state index contributed by atoms with van der Waals surface area (Å²) in [5.74, 6) is 1.20. The average Bonchev–Trinajstić information content (AvgIpc) is 3.49. The Hall–Kier alpha value is -3.27. The Morgan fingerprint density at radius 2 is 2.00 bits per heavy atom. The van der Waals surface area contributed by atoms with E-state index in [4.69, 9.17) is 9.84 Å². The minimum atomic E-state index is -0.340. The van der Waals surface area contributed by atoms with E-state index < -0.39 is 0 Å². The molecule has 0 radical (unpaired) electrons. The normalized spacial score (nSPS) is 21.3. The Bertz CT molecular complexity index is 1050. The van der Waals surface area contributed by atoms with Crippen molar-refractivity contribution < 1.29 is 13.9 Å². The number of aromatic nitrogens is 4. The molecule has 3 aromatic rings. The number of anilines is 2. The molecule has 2 fully saturated rings. The number of rotatable bonds is 4. The van der Waals surface area contributed by atoms with Crippen LogP contribution in [0.5, 0.6) is 0 Å². The minimum absolute atomic E-state index is 0.0125. The lowest BCUT2D eigenvalue weighted by Crippen LogP contribution is -2.39. The summed E-state index contributed by atoms with van der Waals surface area (Å²) in [5.41, 5.74) is 1.24. The Labute approximate surface area is 172 Å². The van der Waals surface area contributed by atoms with Crippen molar-refractivity contribution in [2.45, 2.75) is 31.4 Å². The lowest BCUT2D eigenvalue weighted by Gasteiger charge is -2.18. The smallest absolute Gasteiger partial charge is 0.319 e. The number of carbonyl (C=O) groups excluding carboxylic acids is 1. The number of hydrogen-bond donors (Lipinski definition) is 2. The second-order valence-corrected chi connectivity index (χ2v) is 7.56. The summed E-state index contributed by atoms with van der Waals surface area (Å²) in [6.07, 6.45) is 2.67. The van der Waals surface area contributed by atoms with Crippen LogP contribution in [-0.4, -0.2) is 51.6 Å². The third-order valence-electron chi connectivity index (χ3n) is 5.44. The number of nitrogens with zero attached hydrogens (tertiary/aromatic N) is 5. The highest BCUT2D eigenvalue weighted by Crippen LogP contribution is 2.28. The van der Waals surface area contributed by atoms with Crippen LogP contribution in [-0.2, 0) is 4.74 Å². The Kier molecular flexibility index (Phi) is 4.91. The molecule has 2 saturated heterocycles. The zero-order valence-electron chi connectivity index (χ0n) is 16.3. The summed E-state index contributed by atoms with van der Waals surface area (Å²) < 4.78 is 20.5. The summed E-state index contributed by atoms with van der Waals surface area (Å²) in [4.78, 5) is 14.4. The van der Waals surface area contributed by atoms with E-state index in [1.807, 2.05) is 12.1 Å². The fourth-order valence-electron chi connectivity index (χ4n) is 3.92. The number of benzene rings is 1. The second kappa shape index (κ2) is 7.86. The van der Waals surface area contributed by atoms with Crippen LogP contribution in [0.4, 0.5) is 20.7 Å². The zero-order chi connectivity index (χ0) is 20.5. The number of nitrogens with one attached hydrogen (secondary N) is 2. The van der Waals surface area contributed by atoms with E-state index in [0.717, 1.165) is 44.1 Å². The van der Waals surface area contributed by atoms with Crippen molar-refractivity contribution >= 4 is 23.2 Å². The molecule has 2 atom stereocenters. The van der Waals surface area contributed by atoms with Crippen molar-refractivity contribution in [3.8, 4) is 0 Å². The van der Waals surface area contributed by atoms with Gasteiger partial charge in [0.15, 0.2) is 11.5 Å². The highest BCUT2D eigenvalue weighted by Gasteiger charge is 2.27. The monoisotopic (exact) mass is 411 g/mol. The van der Waals surface area contributed by atoms with Gasteiger partial charge in [0.2, 0.25) is 0 Å². The van der Waals surface area contributed by atoms with E-state index in [-0.39, 0.29) is 24.0 Å². The molecule has 0 saturated carbocycles. The maximum Gasteiger partial charge on any atom is 0.319 e. The van der Waals surface area contributed by atoms with Crippen LogP contribution in [0, 0.1) is 5.82 Å². The molecule has 2 amide bonds. The first-order valence-corrected chi connectivity index (χ1v) is 10.1. The standard InChI is InChI=1S/C20H22FN7O2/c21-13-3-5-14(6-4-13)22-20(29)23-15-9-10-27(12-15)18-8-7-17-24-25-19(28(17)26-18)16-2-1-11-30-16/h3-8,15-16H,1-2,9-12H2,(H2,22,23,29). The van der Waals surface area contributed by atoms with Crippen LogP contribution in [0.15, 0.2) is 36.4 Å². The van der Waals surface area contributed by atoms with Crippen molar-refractivity contribution in [2.24, 2.45) is 0 Å². The molecule has 5 rings (SSSR count). The van der Waals surface area contributed by atoms with Gasteiger partial charge in [-0.3, -0.25) is 0 Å². The number of hydrogen-bond acceptors (Lipinski definition) is 6. The van der Waals surface area contributed by atoms with Crippen LogP contribution in [0.3, 0.4) is 0 Å². The third-order valence-corrected chi connectivity index (χ3v) is 5.44. The summed E-state index contributed by atoms with van der Waals surface area (Å²) in [6.45, 7) is 2.16. The van der Waals surface area contributed by atoms with E-state index in [1.165, 1.54) is 24.3 Å². The van der Waals surface area contributed by atoms with Crippen molar-refractivity contribution in [3.63, 3.8) is 0 Å². The van der Waals surface area contributed by atoms with Crippen LogP contribution in [0.25, 0.3) is 5.65 Å². The molecule has 0 aliphatic carbocycles. The van der Waals surface area contributed by atoms with E-state index in [2.05, 4.69) is 25.7 Å². The molecule has 9 nitrogen and oxygen atoms in total. The van der Waals surface area contributed by atoms with E-state index in [9.17, 15) is 9.18 Å². The Balaban J connectivity index is 1.24.